The minimum Gasteiger partial charge on any atom is -0.464 e. The number of fused-ring (bicyclic) bond motifs is 1. The minimum atomic E-state index is -1.03. The second-order valence-corrected chi connectivity index (χ2v) is 4.98. The maximum absolute atomic E-state index is 11.6. The van der Waals surface area contributed by atoms with Gasteiger partial charge in [0.25, 0.3) is 0 Å². The molecule has 0 aliphatic heterocycles. The van der Waals surface area contributed by atoms with E-state index in [9.17, 15) is 9.90 Å². The van der Waals surface area contributed by atoms with Gasteiger partial charge in [-0.2, -0.15) is 0 Å². The number of carboxylic acid groups (broad SMARTS) is 1. The Hall–Kier alpha value is -2.82. The van der Waals surface area contributed by atoms with Crippen LogP contribution in [0.2, 0.25) is 0 Å². The molecule has 3 rings (SSSR count). The summed E-state index contributed by atoms with van der Waals surface area (Å²) in [6.45, 7) is 0. The highest BCUT2D eigenvalue weighted by Gasteiger charge is 2.16. The molecule has 0 aliphatic carbocycles. The van der Waals surface area contributed by atoms with Gasteiger partial charge in [-0.25, -0.2) is 14.3 Å². The average molecular weight is 281 g/mol. The lowest BCUT2D eigenvalue weighted by Gasteiger charge is -2.12. The van der Waals surface area contributed by atoms with Crippen LogP contribution in [0, 0.1) is 0 Å². The number of aromatic nitrogens is 2. The van der Waals surface area contributed by atoms with Crippen molar-refractivity contribution in [3.63, 3.8) is 0 Å². The summed E-state index contributed by atoms with van der Waals surface area (Å²) in [7, 11) is 3.92. The van der Waals surface area contributed by atoms with Gasteiger partial charge in [-0.3, -0.25) is 0 Å². The van der Waals surface area contributed by atoms with Gasteiger partial charge in [0.05, 0.1) is 11.0 Å². The highest BCUT2D eigenvalue weighted by Crippen LogP contribution is 2.26. The lowest BCUT2D eigenvalue weighted by Crippen LogP contribution is -2.10. The van der Waals surface area contributed by atoms with Gasteiger partial charge in [0, 0.05) is 25.3 Å². The molecule has 1 heterocycles. The number of hydrogen-bond acceptors (Lipinski definition) is 3. The second kappa shape index (κ2) is 4.94. The molecule has 21 heavy (non-hydrogen) atoms. The van der Waals surface area contributed by atoms with E-state index in [1.807, 2.05) is 61.5 Å². The summed E-state index contributed by atoms with van der Waals surface area (Å²) in [5, 5.41) is 9.47. The summed E-state index contributed by atoms with van der Waals surface area (Å²) < 4.78 is 1.22. The van der Waals surface area contributed by atoms with Crippen LogP contribution in [-0.2, 0) is 0 Å². The van der Waals surface area contributed by atoms with E-state index in [-0.39, 0.29) is 0 Å². The first-order chi connectivity index (χ1) is 10.1. The first-order valence-corrected chi connectivity index (χ1v) is 6.56. The number of rotatable bonds is 2. The van der Waals surface area contributed by atoms with Crippen molar-refractivity contribution in [2.24, 2.45) is 0 Å². The van der Waals surface area contributed by atoms with Crippen molar-refractivity contribution in [1.82, 2.24) is 9.55 Å². The summed E-state index contributed by atoms with van der Waals surface area (Å²) in [6.07, 6.45) is -1.03. The van der Waals surface area contributed by atoms with E-state index in [4.69, 9.17) is 0 Å². The normalized spacial score (nSPS) is 10.8. The third-order valence-corrected chi connectivity index (χ3v) is 3.39. The van der Waals surface area contributed by atoms with Crippen LogP contribution in [0.15, 0.2) is 48.5 Å². The van der Waals surface area contributed by atoms with Crippen LogP contribution in [0.4, 0.5) is 10.5 Å². The monoisotopic (exact) mass is 281 g/mol. The Morgan fingerprint density at radius 1 is 1.10 bits per heavy atom. The summed E-state index contributed by atoms with van der Waals surface area (Å²) >= 11 is 0. The van der Waals surface area contributed by atoms with Crippen molar-refractivity contribution in [3.05, 3.63) is 48.5 Å². The van der Waals surface area contributed by atoms with E-state index >= 15 is 0 Å². The quantitative estimate of drug-likeness (QED) is 0.783. The van der Waals surface area contributed by atoms with Crippen molar-refractivity contribution in [2.75, 3.05) is 19.0 Å². The van der Waals surface area contributed by atoms with Gasteiger partial charge >= 0.3 is 6.09 Å². The van der Waals surface area contributed by atoms with Crippen LogP contribution >= 0.6 is 0 Å². The van der Waals surface area contributed by atoms with Crippen LogP contribution in [0.1, 0.15) is 0 Å². The first kappa shape index (κ1) is 13.2. The van der Waals surface area contributed by atoms with E-state index in [2.05, 4.69) is 4.98 Å². The lowest BCUT2D eigenvalue weighted by atomic mass is 10.2. The maximum atomic E-state index is 11.6. The molecule has 0 spiro atoms. The predicted octanol–water partition coefficient (Wildman–Crippen LogP) is 3.30. The standard InChI is InChI=1S/C16H15N3O2/c1-18(2)12-9-7-11(8-10-12)15-17-13-5-3-4-6-14(13)19(15)16(20)21/h3-10H,1-2H3,(H,20,21). The summed E-state index contributed by atoms with van der Waals surface area (Å²) in [6, 6.07) is 14.9. The third kappa shape index (κ3) is 2.23. The highest BCUT2D eigenvalue weighted by molar-refractivity contribution is 5.91. The largest absolute Gasteiger partial charge is 0.464 e. The number of benzene rings is 2. The molecule has 3 aromatic rings. The van der Waals surface area contributed by atoms with Gasteiger partial charge < -0.3 is 10.0 Å². The van der Waals surface area contributed by atoms with E-state index < -0.39 is 6.09 Å². The molecule has 2 aromatic carbocycles. The SMILES string of the molecule is CN(C)c1ccc(-c2nc3ccccc3n2C(=O)O)cc1. The van der Waals surface area contributed by atoms with Crippen LogP contribution < -0.4 is 4.90 Å². The van der Waals surface area contributed by atoms with E-state index in [1.54, 1.807) is 6.07 Å². The molecular weight excluding hydrogens is 266 g/mol. The topological polar surface area (TPSA) is 58.4 Å². The summed E-state index contributed by atoms with van der Waals surface area (Å²) in [4.78, 5) is 18.0. The third-order valence-electron chi connectivity index (χ3n) is 3.39. The van der Waals surface area contributed by atoms with Gasteiger partial charge in [-0.05, 0) is 36.4 Å². The van der Waals surface area contributed by atoms with Crippen molar-refractivity contribution < 1.29 is 9.90 Å². The van der Waals surface area contributed by atoms with Crippen LogP contribution in [0.5, 0.6) is 0 Å². The van der Waals surface area contributed by atoms with Gasteiger partial charge in [0.1, 0.15) is 0 Å². The minimum absolute atomic E-state index is 0.439. The number of carbonyl (C=O) groups is 1. The zero-order valence-corrected chi connectivity index (χ0v) is 11.8. The Labute approximate surface area is 122 Å². The molecule has 1 N–H and O–H groups in total. The van der Waals surface area contributed by atoms with Gasteiger partial charge in [0.2, 0.25) is 0 Å². The molecule has 0 aliphatic rings. The van der Waals surface area contributed by atoms with Crippen molar-refractivity contribution in [3.8, 4) is 11.4 Å². The molecule has 106 valence electrons. The molecule has 0 unspecified atom stereocenters. The zero-order valence-electron chi connectivity index (χ0n) is 11.8. The number of nitrogens with zero attached hydrogens (tertiary/aromatic N) is 3. The average Bonchev–Trinajstić information content (AvgIpc) is 2.86. The molecular formula is C16H15N3O2. The van der Waals surface area contributed by atoms with Crippen molar-refractivity contribution in [1.29, 1.82) is 0 Å². The first-order valence-electron chi connectivity index (χ1n) is 6.56. The molecule has 0 amide bonds. The molecule has 0 bridgehead atoms. The molecule has 1 aromatic heterocycles. The van der Waals surface area contributed by atoms with Gasteiger partial charge in [0.15, 0.2) is 5.82 Å². The fourth-order valence-electron chi connectivity index (χ4n) is 2.32. The molecule has 0 fully saturated rings. The van der Waals surface area contributed by atoms with Crippen LogP contribution in [0.25, 0.3) is 22.4 Å². The Morgan fingerprint density at radius 3 is 2.38 bits per heavy atom. The highest BCUT2D eigenvalue weighted by atomic mass is 16.4. The van der Waals surface area contributed by atoms with Crippen LogP contribution in [0.3, 0.4) is 0 Å². The number of hydrogen-bond donors (Lipinski definition) is 1. The smallest absolute Gasteiger partial charge is 0.417 e. The fourth-order valence-corrected chi connectivity index (χ4v) is 2.32. The van der Waals surface area contributed by atoms with E-state index in [0.29, 0.717) is 16.9 Å². The molecule has 0 saturated heterocycles. The molecule has 0 radical (unpaired) electrons. The molecule has 5 nitrogen and oxygen atoms in total. The zero-order chi connectivity index (χ0) is 15.0. The van der Waals surface area contributed by atoms with Crippen molar-refractivity contribution >= 4 is 22.8 Å². The maximum Gasteiger partial charge on any atom is 0.417 e. The second-order valence-electron chi connectivity index (χ2n) is 4.98. The molecule has 5 heteroatoms. The van der Waals surface area contributed by atoms with Gasteiger partial charge in [-0.15, -0.1) is 0 Å². The Morgan fingerprint density at radius 2 is 1.76 bits per heavy atom. The molecule has 0 saturated carbocycles. The van der Waals surface area contributed by atoms with Crippen molar-refractivity contribution in [2.45, 2.75) is 0 Å². The number of imidazole rings is 1. The predicted molar refractivity (Wildman–Crippen MR) is 82.9 cm³/mol. The summed E-state index contributed by atoms with van der Waals surface area (Å²) in [5.41, 5.74) is 3.10. The Balaban J connectivity index is 2.19. The van der Waals surface area contributed by atoms with Crippen LogP contribution in [-0.4, -0.2) is 34.8 Å². The van der Waals surface area contributed by atoms with E-state index in [0.717, 1.165) is 11.3 Å². The Kier molecular flexibility index (Phi) is 3.10. The van der Waals surface area contributed by atoms with E-state index in [1.165, 1.54) is 4.57 Å². The van der Waals surface area contributed by atoms with Gasteiger partial charge in [-0.1, -0.05) is 12.1 Å². The number of anilines is 1. The number of para-hydroxylation sites is 2. The lowest BCUT2D eigenvalue weighted by molar-refractivity contribution is 0.197. The molecule has 0 atom stereocenters. The fraction of sp³-hybridized carbons (Fsp3) is 0.125. The summed E-state index contributed by atoms with van der Waals surface area (Å²) in [5.74, 6) is 0.439. The Bertz CT molecular complexity index is 804.